The van der Waals surface area contributed by atoms with Crippen molar-refractivity contribution in [3.63, 3.8) is 0 Å². The quantitative estimate of drug-likeness (QED) is 0.203. The summed E-state index contributed by atoms with van der Waals surface area (Å²) in [5.74, 6) is 0. The van der Waals surface area contributed by atoms with E-state index in [2.05, 4.69) is 91.8 Å². The van der Waals surface area contributed by atoms with E-state index in [9.17, 15) is 20.4 Å². The molecule has 4 N–H and O–H groups in total. The van der Waals surface area contributed by atoms with Crippen LogP contribution in [0.2, 0.25) is 0 Å². The Morgan fingerprint density at radius 3 is 1.30 bits per heavy atom. The Bertz CT molecular complexity index is 1070. The zero-order valence-corrected chi connectivity index (χ0v) is 26.2. The van der Waals surface area contributed by atoms with Crippen LogP contribution in [0.3, 0.4) is 0 Å². The standard InChI is InChI=1S/C36H54O4/c1-33(2,23-37)17-11-13-25-19-35(5,6)21-29(31(25)39)27-15-9-10-16-28(27)30-22-36(7,8)20-26(32(30)40)14-12-18-34(3,4)24-38/h9-10,15-16,19-22,31-32,37-40H,11-14,17-18,23-24H2,1-8H3. The normalized spacial score (nSPS) is 22.8. The van der Waals surface area contributed by atoms with E-state index < -0.39 is 12.2 Å². The van der Waals surface area contributed by atoms with E-state index in [0.29, 0.717) is 0 Å². The van der Waals surface area contributed by atoms with Gasteiger partial charge in [0.05, 0.1) is 0 Å². The second kappa shape index (κ2) is 12.5. The third-order valence-electron chi connectivity index (χ3n) is 8.50. The summed E-state index contributed by atoms with van der Waals surface area (Å²) in [6.45, 7) is 17.3. The molecule has 222 valence electrons. The van der Waals surface area contributed by atoms with Gasteiger partial charge in [0.2, 0.25) is 0 Å². The van der Waals surface area contributed by atoms with Crippen molar-refractivity contribution in [2.45, 2.75) is 106 Å². The lowest BCUT2D eigenvalue weighted by atomic mass is 9.72. The molecule has 2 aliphatic carbocycles. The molecule has 0 amide bonds. The van der Waals surface area contributed by atoms with Crippen LogP contribution < -0.4 is 0 Å². The summed E-state index contributed by atoms with van der Waals surface area (Å²) in [4.78, 5) is 0. The number of aliphatic hydroxyl groups excluding tert-OH is 4. The first-order chi connectivity index (χ1) is 18.5. The van der Waals surface area contributed by atoms with Crippen molar-refractivity contribution in [3.05, 3.63) is 70.8 Å². The lowest BCUT2D eigenvalue weighted by Crippen LogP contribution is -2.26. The fourth-order valence-corrected chi connectivity index (χ4v) is 6.11. The average molecular weight is 551 g/mol. The van der Waals surface area contributed by atoms with Gasteiger partial charge in [0.25, 0.3) is 0 Å². The van der Waals surface area contributed by atoms with E-state index in [1.165, 1.54) is 0 Å². The first-order valence-corrected chi connectivity index (χ1v) is 15.1. The molecule has 0 fully saturated rings. The average Bonchev–Trinajstić information content (AvgIpc) is 2.87. The molecule has 0 saturated heterocycles. The topological polar surface area (TPSA) is 80.9 Å². The first-order valence-electron chi connectivity index (χ1n) is 15.1. The number of benzene rings is 1. The van der Waals surface area contributed by atoms with E-state index in [1.54, 1.807) is 0 Å². The smallest absolute Gasteiger partial charge is 0.100 e. The highest BCUT2D eigenvalue weighted by atomic mass is 16.3. The Kier molecular flexibility index (Phi) is 10.2. The summed E-state index contributed by atoms with van der Waals surface area (Å²) in [6, 6.07) is 8.16. The Balaban J connectivity index is 1.92. The predicted octanol–water partition coefficient (Wildman–Crippen LogP) is 7.49. The molecule has 0 radical (unpaired) electrons. The van der Waals surface area contributed by atoms with Crippen LogP contribution in [-0.2, 0) is 0 Å². The van der Waals surface area contributed by atoms with Crippen LogP contribution in [0.15, 0.2) is 59.7 Å². The van der Waals surface area contributed by atoms with Crippen LogP contribution in [0.25, 0.3) is 11.1 Å². The number of allylic oxidation sites excluding steroid dienone is 4. The first kappa shape index (κ1) is 32.5. The third kappa shape index (κ3) is 8.28. The Hall–Kier alpha value is -1.98. The molecule has 0 bridgehead atoms. The van der Waals surface area contributed by atoms with Crippen LogP contribution in [0.4, 0.5) is 0 Å². The van der Waals surface area contributed by atoms with E-state index in [1.807, 2.05) is 12.1 Å². The van der Waals surface area contributed by atoms with Gasteiger partial charge in [-0.15, -0.1) is 0 Å². The highest BCUT2D eigenvalue weighted by Crippen LogP contribution is 2.44. The Morgan fingerprint density at radius 1 is 0.625 bits per heavy atom. The van der Waals surface area contributed by atoms with Crippen LogP contribution in [0.1, 0.15) is 105 Å². The lowest BCUT2D eigenvalue weighted by Gasteiger charge is -2.35. The molecule has 4 heteroatoms. The van der Waals surface area contributed by atoms with E-state index in [0.717, 1.165) is 71.9 Å². The monoisotopic (exact) mass is 550 g/mol. The molecule has 0 saturated carbocycles. The second-order valence-corrected chi connectivity index (χ2v) is 15.0. The largest absolute Gasteiger partial charge is 0.396 e. The van der Waals surface area contributed by atoms with Gasteiger partial charge in [0.15, 0.2) is 0 Å². The number of aliphatic hydroxyl groups is 4. The molecule has 1 aromatic rings. The predicted molar refractivity (Wildman–Crippen MR) is 168 cm³/mol. The minimum Gasteiger partial charge on any atom is -0.396 e. The van der Waals surface area contributed by atoms with Crippen molar-refractivity contribution >= 4 is 11.1 Å². The summed E-state index contributed by atoms with van der Waals surface area (Å²) < 4.78 is 0. The molecule has 2 aliphatic rings. The van der Waals surface area contributed by atoms with Crippen LogP contribution in [0.5, 0.6) is 0 Å². The van der Waals surface area contributed by atoms with Crippen molar-refractivity contribution in [2.75, 3.05) is 13.2 Å². The molecule has 40 heavy (non-hydrogen) atoms. The minimum atomic E-state index is -0.712. The van der Waals surface area contributed by atoms with Gasteiger partial charge in [-0.2, -0.15) is 0 Å². The van der Waals surface area contributed by atoms with Crippen LogP contribution in [-0.4, -0.2) is 45.8 Å². The molecule has 0 spiro atoms. The van der Waals surface area contributed by atoms with E-state index in [4.69, 9.17) is 0 Å². The zero-order chi connectivity index (χ0) is 29.9. The van der Waals surface area contributed by atoms with Gasteiger partial charge < -0.3 is 20.4 Å². The molecular formula is C36H54O4. The maximum Gasteiger partial charge on any atom is 0.100 e. The Morgan fingerprint density at radius 2 is 0.975 bits per heavy atom. The summed E-state index contributed by atoms with van der Waals surface area (Å²) in [6.07, 6.45) is 12.5. The molecule has 2 unspecified atom stereocenters. The van der Waals surface area contributed by atoms with Gasteiger partial charge in [0.1, 0.15) is 12.2 Å². The molecule has 1 aromatic carbocycles. The van der Waals surface area contributed by atoms with Crippen molar-refractivity contribution in [2.24, 2.45) is 21.7 Å². The highest BCUT2D eigenvalue weighted by Gasteiger charge is 2.33. The van der Waals surface area contributed by atoms with Crippen molar-refractivity contribution in [1.82, 2.24) is 0 Å². The van der Waals surface area contributed by atoms with Gasteiger partial charge in [-0.1, -0.05) is 104 Å². The molecular weight excluding hydrogens is 496 g/mol. The number of rotatable bonds is 12. The second-order valence-electron chi connectivity index (χ2n) is 15.0. The molecule has 0 aromatic heterocycles. The zero-order valence-electron chi connectivity index (χ0n) is 26.2. The molecule has 3 rings (SSSR count). The lowest BCUT2D eigenvalue weighted by molar-refractivity contribution is 0.147. The van der Waals surface area contributed by atoms with Crippen molar-refractivity contribution < 1.29 is 20.4 Å². The summed E-state index contributed by atoms with van der Waals surface area (Å²) >= 11 is 0. The molecule has 0 heterocycles. The fourth-order valence-electron chi connectivity index (χ4n) is 6.11. The SMILES string of the molecule is CC1(C)C=C(CCCC(C)(C)CO)C(O)C(c2ccccc2C2=CC(C)(C)C=C(CCCC(C)(C)CO)C2O)=C1. The minimum absolute atomic E-state index is 0.129. The van der Waals surface area contributed by atoms with Crippen molar-refractivity contribution in [3.8, 4) is 0 Å². The van der Waals surface area contributed by atoms with Gasteiger partial charge >= 0.3 is 0 Å². The maximum atomic E-state index is 11.7. The summed E-state index contributed by atoms with van der Waals surface area (Å²) in [5, 5.41) is 42.7. The maximum absolute atomic E-state index is 11.7. The fraction of sp³-hybridized carbons (Fsp3) is 0.611. The van der Waals surface area contributed by atoms with Gasteiger partial charge in [-0.25, -0.2) is 0 Å². The van der Waals surface area contributed by atoms with Gasteiger partial charge in [-0.05, 0) is 82.8 Å². The number of hydrogen-bond acceptors (Lipinski definition) is 4. The van der Waals surface area contributed by atoms with Gasteiger partial charge in [0, 0.05) is 24.0 Å². The van der Waals surface area contributed by atoms with Crippen LogP contribution in [0, 0.1) is 21.7 Å². The third-order valence-corrected chi connectivity index (χ3v) is 8.50. The van der Waals surface area contributed by atoms with E-state index in [-0.39, 0.29) is 34.9 Å². The summed E-state index contributed by atoms with van der Waals surface area (Å²) in [7, 11) is 0. The van der Waals surface area contributed by atoms with Crippen LogP contribution >= 0.6 is 0 Å². The molecule has 4 nitrogen and oxygen atoms in total. The highest BCUT2D eigenvalue weighted by molar-refractivity contribution is 5.86. The molecule has 2 atom stereocenters. The van der Waals surface area contributed by atoms with Crippen molar-refractivity contribution in [1.29, 1.82) is 0 Å². The number of hydrogen-bond donors (Lipinski definition) is 4. The van der Waals surface area contributed by atoms with E-state index >= 15 is 0 Å². The molecule has 0 aliphatic heterocycles. The van der Waals surface area contributed by atoms with Gasteiger partial charge in [-0.3, -0.25) is 0 Å². The Labute approximate surface area is 243 Å². The summed E-state index contributed by atoms with van der Waals surface area (Å²) in [5.41, 5.74) is 5.08.